The predicted octanol–water partition coefficient (Wildman–Crippen LogP) is 2.03. The molecule has 2 N–H and O–H groups in total. The Morgan fingerprint density at radius 3 is 3.04 bits per heavy atom. The van der Waals surface area contributed by atoms with E-state index in [0.29, 0.717) is 13.2 Å². The van der Waals surface area contributed by atoms with Gasteiger partial charge in [-0.3, -0.25) is 9.78 Å². The predicted molar refractivity (Wildman–Crippen MR) is 87.9 cm³/mol. The van der Waals surface area contributed by atoms with E-state index in [2.05, 4.69) is 15.6 Å². The van der Waals surface area contributed by atoms with Crippen LogP contribution in [-0.2, 0) is 17.9 Å². The van der Waals surface area contributed by atoms with Gasteiger partial charge in [-0.25, -0.2) is 0 Å². The Bertz CT molecular complexity index is 646. The van der Waals surface area contributed by atoms with E-state index in [1.165, 1.54) is 0 Å². The number of ether oxygens (including phenoxy) is 1. The molecule has 1 aliphatic rings. The molecular formula is C18H21N3O2. The first kappa shape index (κ1) is 15.5. The fraction of sp³-hybridized carbons (Fsp3) is 0.333. The lowest BCUT2D eigenvalue weighted by Gasteiger charge is -2.22. The van der Waals surface area contributed by atoms with E-state index in [-0.39, 0.29) is 11.9 Å². The van der Waals surface area contributed by atoms with Gasteiger partial charge in [0.2, 0.25) is 5.91 Å². The molecule has 0 saturated carbocycles. The molecule has 0 radical (unpaired) electrons. The first-order valence-corrected chi connectivity index (χ1v) is 7.94. The molecule has 1 aliphatic heterocycles. The summed E-state index contributed by atoms with van der Waals surface area (Å²) >= 11 is 0. The number of hydrogen-bond donors (Lipinski definition) is 2. The Labute approximate surface area is 136 Å². The maximum absolute atomic E-state index is 11.7. The highest BCUT2D eigenvalue weighted by atomic mass is 16.5. The van der Waals surface area contributed by atoms with Crippen LogP contribution in [0.1, 0.15) is 24.1 Å². The summed E-state index contributed by atoms with van der Waals surface area (Å²) in [5.74, 6) is 0.904. The molecule has 2 aromatic rings. The van der Waals surface area contributed by atoms with Crippen LogP contribution in [0.5, 0.6) is 5.75 Å². The van der Waals surface area contributed by atoms with Crippen LogP contribution in [0.15, 0.2) is 48.7 Å². The Morgan fingerprint density at radius 1 is 1.26 bits per heavy atom. The summed E-state index contributed by atoms with van der Waals surface area (Å²) in [6, 6.07) is 13.6. The maximum atomic E-state index is 11.7. The minimum atomic E-state index is -0.0955. The van der Waals surface area contributed by atoms with E-state index in [4.69, 9.17) is 4.74 Å². The van der Waals surface area contributed by atoms with Crippen LogP contribution in [0.2, 0.25) is 0 Å². The van der Waals surface area contributed by atoms with E-state index >= 15 is 0 Å². The molecule has 3 rings (SSSR count). The van der Waals surface area contributed by atoms with Crippen LogP contribution in [-0.4, -0.2) is 23.5 Å². The molecule has 120 valence electrons. The molecule has 1 saturated heterocycles. The van der Waals surface area contributed by atoms with Crippen LogP contribution < -0.4 is 15.4 Å². The largest absolute Gasteiger partial charge is 0.487 e. The molecule has 0 bridgehead atoms. The van der Waals surface area contributed by atoms with Crippen LogP contribution in [0.3, 0.4) is 0 Å². The number of pyridine rings is 1. The summed E-state index contributed by atoms with van der Waals surface area (Å²) in [7, 11) is 0. The molecular weight excluding hydrogens is 290 g/mol. The van der Waals surface area contributed by atoms with Crippen molar-refractivity contribution in [2.24, 2.45) is 0 Å². The first-order valence-electron chi connectivity index (χ1n) is 7.94. The van der Waals surface area contributed by atoms with E-state index in [1.807, 2.05) is 42.5 Å². The number of nitrogens with zero attached hydrogens (tertiary/aromatic N) is 1. The number of carbonyl (C=O) groups is 1. The minimum absolute atomic E-state index is 0.0955. The molecule has 1 aromatic carbocycles. The summed E-state index contributed by atoms with van der Waals surface area (Å²) in [6.45, 7) is 1.88. The molecule has 1 amide bonds. The second kappa shape index (κ2) is 7.74. The molecule has 1 atom stereocenters. The molecule has 0 unspecified atom stereocenters. The lowest BCUT2D eigenvalue weighted by molar-refractivity contribution is -0.124. The molecule has 1 fully saturated rings. The van der Waals surface area contributed by atoms with E-state index in [0.717, 1.165) is 36.4 Å². The zero-order valence-electron chi connectivity index (χ0n) is 13.0. The Kier molecular flexibility index (Phi) is 5.21. The van der Waals surface area contributed by atoms with E-state index in [9.17, 15) is 4.79 Å². The molecule has 5 nitrogen and oxygen atoms in total. The number of hydrogen-bond acceptors (Lipinski definition) is 4. The average molecular weight is 311 g/mol. The molecule has 0 aliphatic carbocycles. The summed E-state index contributed by atoms with van der Waals surface area (Å²) < 4.78 is 5.78. The monoisotopic (exact) mass is 311 g/mol. The Balaban J connectivity index is 1.53. The van der Waals surface area contributed by atoms with Gasteiger partial charge in [0.1, 0.15) is 12.4 Å². The number of nitrogens with one attached hydrogen (secondary N) is 2. The number of amides is 1. The van der Waals surface area contributed by atoms with Crippen molar-refractivity contribution in [3.8, 4) is 5.75 Å². The third-order valence-corrected chi connectivity index (χ3v) is 3.85. The summed E-state index contributed by atoms with van der Waals surface area (Å²) in [5.41, 5.74) is 2.00. The SMILES string of the molecule is O=C1NCCC[C@H]1NCc1cccc(OCc2ccccn2)c1. The zero-order chi connectivity index (χ0) is 15.9. The van der Waals surface area contributed by atoms with Crippen LogP contribution >= 0.6 is 0 Å². The Morgan fingerprint density at radius 2 is 2.22 bits per heavy atom. The molecule has 1 aromatic heterocycles. The summed E-state index contributed by atoms with van der Waals surface area (Å²) in [5, 5.41) is 6.19. The highest BCUT2D eigenvalue weighted by molar-refractivity contribution is 5.82. The fourth-order valence-electron chi connectivity index (χ4n) is 2.59. The molecule has 23 heavy (non-hydrogen) atoms. The summed E-state index contributed by atoms with van der Waals surface area (Å²) in [6.07, 6.45) is 3.67. The fourth-order valence-corrected chi connectivity index (χ4v) is 2.59. The van der Waals surface area contributed by atoms with Crippen molar-refractivity contribution in [2.45, 2.75) is 32.0 Å². The Hall–Kier alpha value is -2.40. The first-order chi connectivity index (χ1) is 11.3. The highest BCUT2D eigenvalue weighted by Crippen LogP contribution is 2.15. The number of benzene rings is 1. The van der Waals surface area contributed by atoms with Crippen LogP contribution in [0, 0.1) is 0 Å². The van der Waals surface area contributed by atoms with Crippen molar-refractivity contribution in [3.63, 3.8) is 0 Å². The van der Waals surface area contributed by atoms with Gasteiger partial charge in [-0.2, -0.15) is 0 Å². The number of aromatic nitrogens is 1. The number of rotatable bonds is 6. The normalized spacial score (nSPS) is 17.6. The molecule has 2 heterocycles. The van der Waals surface area contributed by atoms with Crippen LogP contribution in [0.4, 0.5) is 0 Å². The van der Waals surface area contributed by atoms with E-state index in [1.54, 1.807) is 6.20 Å². The van der Waals surface area contributed by atoms with Crippen molar-refractivity contribution < 1.29 is 9.53 Å². The average Bonchev–Trinajstić information content (AvgIpc) is 2.61. The lowest BCUT2D eigenvalue weighted by Crippen LogP contribution is -2.47. The van der Waals surface area contributed by atoms with Gasteiger partial charge in [-0.05, 0) is 42.7 Å². The van der Waals surface area contributed by atoms with Crippen molar-refractivity contribution in [1.82, 2.24) is 15.6 Å². The van der Waals surface area contributed by atoms with Crippen molar-refractivity contribution in [2.75, 3.05) is 6.54 Å². The van der Waals surface area contributed by atoms with Crippen molar-refractivity contribution >= 4 is 5.91 Å². The minimum Gasteiger partial charge on any atom is -0.487 e. The van der Waals surface area contributed by atoms with Gasteiger partial charge in [0, 0.05) is 19.3 Å². The standard InChI is InChI=1S/C18H21N3O2/c22-18-17(8-4-10-20-18)21-12-14-5-3-7-16(11-14)23-13-15-6-1-2-9-19-15/h1-3,5-7,9,11,17,21H,4,8,10,12-13H2,(H,20,22)/t17-/m1/s1. The molecule has 0 spiro atoms. The van der Waals surface area contributed by atoms with Gasteiger partial charge >= 0.3 is 0 Å². The second-order valence-electron chi connectivity index (χ2n) is 5.62. The topological polar surface area (TPSA) is 63.2 Å². The highest BCUT2D eigenvalue weighted by Gasteiger charge is 2.20. The lowest BCUT2D eigenvalue weighted by atomic mass is 10.1. The van der Waals surface area contributed by atoms with Gasteiger partial charge in [0.15, 0.2) is 0 Å². The second-order valence-corrected chi connectivity index (χ2v) is 5.62. The smallest absolute Gasteiger partial charge is 0.237 e. The quantitative estimate of drug-likeness (QED) is 0.857. The van der Waals surface area contributed by atoms with Crippen molar-refractivity contribution in [3.05, 3.63) is 59.9 Å². The summed E-state index contributed by atoms with van der Waals surface area (Å²) in [4.78, 5) is 16.0. The molecule has 5 heteroatoms. The van der Waals surface area contributed by atoms with Crippen molar-refractivity contribution in [1.29, 1.82) is 0 Å². The number of carbonyl (C=O) groups excluding carboxylic acids is 1. The van der Waals surface area contributed by atoms with E-state index < -0.39 is 0 Å². The zero-order valence-corrected chi connectivity index (χ0v) is 13.0. The van der Waals surface area contributed by atoms with Gasteiger partial charge in [-0.15, -0.1) is 0 Å². The third-order valence-electron chi connectivity index (χ3n) is 3.85. The third kappa shape index (κ3) is 4.53. The maximum Gasteiger partial charge on any atom is 0.237 e. The van der Waals surface area contributed by atoms with Gasteiger partial charge in [-0.1, -0.05) is 18.2 Å². The van der Waals surface area contributed by atoms with Crippen LogP contribution in [0.25, 0.3) is 0 Å². The van der Waals surface area contributed by atoms with Gasteiger partial charge in [0.25, 0.3) is 0 Å². The van der Waals surface area contributed by atoms with Gasteiger partial charge < -0.3 is 15.4 Å². The number of piperidine rings is 1. The van der Waals surface area contributed by atoms with Gasteiger partial charge in [0.05, 0.1) is 11.7 Å².